The van der Waals surface area contributed by atoms with Crippen LogP contribution in [0.5, 0.6) is 0 Å². The van der Waals surface area contributed by atoms with Crippen LogP contribution in [0.15, 0.2) is 23.4 Å². The zero-order valence-electron chi connectivity index (χ0n) is 10.7. The molecule has 0 amide bonds. The summed E-state index contributed by atoms with van der Waals surface area (Å²) < 4.78 is 39.6. The molecule has 0 saturated heterocycles. The molecule has 2 aromatic rings. The molecule has 2 N–H and O–H groups in total. The first kappa shape index (κ1) is 14.4. The summed E-state index contributed by atoms with van der Waals surface area (Å²) in [6.07, 6.45) is 1.79. The van der Waals surface area contributed by atoms with Gasteiger partial charge < -0.3 is 10.6 Å². The number of rotatable bonds is 4. The summed E-state index contributed by atoms with van der Waals surface area (Å²) in [6, 6.07) is 3.48. The van der Waals surface area contributed by atoms with Crippen LogP contribution in [0.3, 0.4) is 0 Å². The van der Waals surface area contributed by atoms with E-state index in [0.717, 1.165) is 12.1 Å². The number of aromatic nitrogens is 2. The van der Waals surface area contributed by atoms with Crippen molar-refractivity contribution >= 4 is 29.1 Å². The molecule has 0 aliphatic rings. The summed E-state index contributed by atoms with van der Waals surface area (Å²) in [4.78, 5) is 8.25. The monoisotopic (exact) mass is 300 g/mol. The second-order valence-electron chi connectivity index (χ2n) is 3.72. The fraction of sp³-hybridized carbons (Fsp3) is 0.167. The summed E-state index contributed by atoms with van der Waals surface area (Å²) >= 11 is 1.30. The standard InChI is InChI=1S/C12H11F3N4S/c1-16-8-5-9(19-12(18-8)20-2)17-7-4-3-6(13)10(14)11(7)15/h3-5H,1-2H3,(H2,16,17,18,19). The number of thioether (sulfide) groups is 1. The molecule has 0 spiro atoms. The number of nitrogens with one attached hydrogen (secondary N) is 2. The van der Waals surface area contributed by atoms with Crippen molar-refractivity contribution in [3.05, 3.63) is 35.7 Å². The Balaban J connectivity index is 2.37. The lowest BCUT2D eigenvalue weighted by atomic mass is 10.3. The van der Waals surface area contributed by atoms with Gasteiger partial charge in [0.05, 0.1) is 5.69 Å². The van der Waals surface area contributed by atoms with Gasteiger partial charge >= 0.3 is 0 Å². The predicted molar refractivity (Wildman–Crippen MR) is 73.0 cm³/mol. The number of halogens is 3. The van der Waals surface area contributed by atoms with Crippen LogP contribution in [-0.4, -0.2) is 23.3 Å². The normalized spacial score (nSPS) is 10.4. The predicted octanol–water partition coefficient (Wildman–Crippen LogP) is 3.40. The fourth-order valence-electron chi connectivity index (χ4n) is 1.47. The van der Waals surface area contributed by atoms with Crippen LogP contribution in [0.1, 0.15) is 0 Å². The highest BCUT2D eigenvalue weighted by Crippen LogP contribution is 2.24. The van der Waals surface area contributed by atoms with Crippen LogP contribution in [0.25, 0.3) is 0 Å². The van der Waals surface area contributed by atoms with Gasteiger partial charge in [-0.2, -0.15) is 0 Å². The molecule has 0 aliphatic heterocycles. The highest BCUT2D eigenvalue weighted by Gasteiger charge is 2.14. The third kappa shape index (κ3) is 2.96. The van der Waals surface area contributed by atoms with E-state index in [1.807, 2.05) is 0 Å². The number of hydrogen-bond acceptors (Lipinski definition) is 5. The van der Waals surface area contributed by atoms with E-state index in [-0.39, 0.29) is 11.5 Å². The second-order valence-corrected chi connectivity index (χ2v) is 4.50. The summed E-state index contributed by atoms with van der Waals surface area (Å²) in [5.41, 5.74) is -0.197. The highest BCUT2D eigenvalue weighted by atomic mass is 32.2. The summed E-state index contributed by atoms with van der Waals surface area (Å²) in [5, 5.41) is 5.89. The average Bonchev–Trinajstić information content (AvgIpc) is 2.47. The van der Waals surface area contributed by atoms with Gasteiger partial charge in [0.25, 0.3) is 0 Å². The van der Waals surface area contributed by atoms with Crippen molar-refractivity contribution in [2.75, 3.05) is 23.9 Å². The third-order valence-corrected chi connectivity index (χ3v) is 2.99. The zero-order chi connectivity index (χ0) is 14.7. The molecule has 0 unspecified atom stereocenters. The Kier molecular flexibility index (Phi) is 4.33. The molecule has 106 valence electrons. The molecule has 1 aromatic carbocycles. The van der Waals surface area contributed by atoms with Crippen LogP contribution >= 0.6 is 11.8 Å². The van der Waals surface area contributed by atoms with Crippen LogP contribution in [0, 0.1) is 17.5 Å². The van der Waals surface area contributed by atoms with Gasteiger partial charge in [0, 0.05) is 13.1 Å². The Morgan fingerprint density at radius 2 is 1.75 bits per heavy atom. The van der Waals surface area contributed by atoms with Gasteiger partial charge in [0.15, 0.2) is 22.6 Å². The van der Waals surface area contributed by atoms with Crippen molar-refractivity contribution in [1.82, 2.24) is 9.97 Å². The quantitative estimate of drug-likeness (QED) is 0.515. The zero-order valence-corrected chi connectivity index (χ0v) is 11.5. The lowest BCUT2D eigenvalue weighted by molar-refractivity contribution is 0.449. The molecule has 0 aliphatic carbocycles. The summed E-state index contributed by atoms with van der Waals surface area (Å²) in [5.74, 6) is -3.26. The van der Waals surface area contributed by atoms with Crippen molar-refractivity contribution < 1.29 is 13.2 Å². The van der Waals surface area contributed by atoms with Gasteiger partial charge in [-0.25, -0.2) is 23.1 Å². The minimum absolute atomic E-state index is 0.197. The molecular formula is C12H11F3N4S. The number of hydrogen-bond donors (Lipinski definition) is 2. The summed E-state index contributed by atoms with van der Waals surface area (Å²) in [6.45, 7) is 0. The Bertz CT molecular complexity index is 614. The van der Waals surface area contributed by atoms with E-state index in [1.54, 1.807) is 13.3 Å². The molecule has 1 heterocycles. The van der Waals surface area contributed by atoms with Crippen molar-refractivity contribution in [3.63, 3.8) is 0 Å². The maximum Gasteiger partial charge on any atom is 0.196 e. The van der Waals surface area contributed by atoms with Gasteiger partial charge in [0.2, 0.25) is 0 Å². The van der Waals surface area contributed by atoms with Crippen LogP contribution < -0.4 is 10.6 Å². The maximum atomic E-state index is 13.6. The second kappa shape index (κ2) is 6.00. The average molecular weight is 300 g/mol. The Morgan fingerprint density at radius 3 is 2.40 bits per heavy atom. The smallest absolute Gasteiger partial charge is 0.196 e. The fourth-order valence-corrected chi connectivity index (χ4v) is 1.85. The minimum atomic E-state index is -1.53. The maximum absolute atomic E-state index is 13.6. The van der Waals surface area contributed by atoms with E-state index in [4.69, 9.17) is 0 Å². The molecule has 0 atom stereocenters. The van der Waals surface area contributed by atoms with Crippen LogP contribution in [0.2, 0.25) is 0 Å². The Hall–Kier alpha value is -1.96. The van der Waals surface area contributed by atoms with E-state index in [9.17, 15) is 13.2 Å². The van der Waals surface area contributed by atoms with Crippen LogP contribution in [-0.2, 0) is 0 Å². The van der Waals surface area contributed by atoms with Gasteiger partial charge in [-0.05, 0) is 18.4 Å². The molecule has 0 radical (unpaired) electrons. The number of nitrogens with zero attached hydrogens (tertiary/aromatic N) is 2. The van der Waals surface area contributed by atoms with E-state index >= 15 is 0 Å². The van der Waals surface area contributed by atoms with E-state index in [0.29, 0.717) is 11.0 Å². The van der Waals surface area contributed by atoms with Gasteiger partial charge in [-0.1, -0.05) is 11.8 Å². The molecular weight excluding hydrogens is 289 g/mol. The summed E-state index contributed by atoms with van der Waals surface area (Å²) in [7, 11) is 1.67. The molecule has 0 bridgehead atoms. The van der Waals surface area contributed by atoms with Crippen LogP contribution in [0.4, 0.5) is 30.5 Å². The lowest BCUT2D eigenvalue weighted by Gasteiger charge is -2.10. The van der Waals surface area contributed by atoms with E-state index in [2.05, 4.69) is 20.6 Å². The molecule has 4 nitrogen and oxygen atoms in total. The number of anilines is 3. The van der Waals surface area contributed by atoms with Crippen molar-refractivity contribution in [1.29, 1.82) is 0 Å². The first-order valence-corrected chi connectivity index (χ1v) is 6.79. The molecule has 8 heteroatoms. The third-order valence-electron chi connectivity index (χ3n) is 2.44. The van der Waals surface area contributed by atoms with Gasteiger partial charge in [-0.15, -0.1) is 0 Å². The topological polar surface area (TPSA) is 49.8 Å². The minimum Gasteiger partial charge on any atom is -0.373 e. The Morgan fingerprint density at radius 1 is 1.05 bits per heavy atom. The SMILES string of the molecule is CNc1cc(Nc2ccc(F)c(F)c2F)nc(SC)n1. The van der Waals surface area contributed by atoms with E-state index in [1.165, 1.54) is 17.8 Å². The highest BCUT2D eigenvalue weighted by molar-refractivity contribution is 7.98. The molecule has 1 aromatic heterocycles. The molecule has 0 fully saturated rings. The van der Waals surface area contributed by atoms with Crippen molar-refractivity contribution in [2.24, 2.45) is 0 Å². The molecule has 0 saturated carbocycles. The van der Waals surface area contributed by atoms with Crippen molar-refractivity contribution in [2.45, 2.75) is 5.16 Å². The van der Waals surface area contributed by atoms with Gasteiger partial charge in [-0.3, -0.25) is 0 Å². The van der Waals surface area contributed by atoms with Gasteiger partial charge in [0.1, 0.15) is 11.6 Å². The van der Waals surface area contributed by atoms with E-state index < -0.39 is 17.5 Å². The molecule has 20 heavy (non-hydrogen) atoms. The van der Waals surface area contributed by atoms with Crippen molar-refractivity contribution in [3.8, 4) is 0 Å². The molecule has 2 rings (SSSR count). The lowest BCUT2D eigenvalue weighted by Crippen LogP contribution is -2.03. The first-order chi connectivity index (χ1) is 9.55. The first-order valence-electron chi connectivity index (χ1n) is 5.56. The Labute approximate surface area is 117 Å². The largest absolute Gasteiger partial charge is 0.373 e. The number of benzene rings is 1.